The number of aromatic carboxylic acids is 1. The highest BCUT2D eigenvalue weighted by molar-refractivity contribution is 7.99. The minimum absolute atomic E-state index is 0.0471. The Morgan fingerprint density at radius 1 is 1.50 bits per heavy atom. The van der Waals surface area contributed by atoms with Crippen molar-refractivity contribution < 1.29 is 9.90 Å². The lowest BCUT2D eigenvalue weighted by atomic mass is 10.2. The van der Waals surface area contributed by atoms with Crippen LogP contribution in [0, 0.1) is 0 Å². The highest BCUT2D eigenvalue weighted by Gasteiger charge is 2.28. The lowest BCUT2D eigenvalue weighted by Gasteiger charge is -2.06. The van der Waals surface area contributed by atoms with Crippen LogP contribution in [0.3, 0.4) is 0 Å². The minimum atomic E-state index is -1.08. The number of hydrogen-bond donors (Lipinski definition) is 3. The van der Waals surface area contributed by atoms with E-state index in [0.717, 1.165) is 12.8 Å². The predicted octanol–water partition coefficient (Wildman–Crippen LogP) is 1.34. The van der Waals surface area contributed by atoms with Crippen molar-refractivity contribution >= 4 is 23.4 Å². The first-order valence-corrected chi connectivity index (χ1v) is 6.85. The first kappa shape index (κ1) is 12.8. The summed E-state index contributed by atoms with van der Waals surface area (Å²) >= 11 is 1.25. The van der Waals surface area contributed by atoms with Crippen LogP contribution in [0.5, 0.6) is 0 Å². The molecule has 0 unspecified atom stereocenters. The Kier molecular flexibility index (Phi) is 3.01. The summed E-state index contributed by atoms with van der Waals surface area (Å²) in [5, 5.41) is 16.0. The summed E-state index contributed by atoms with van der Waals surface area (Å²) in [6, 6.07) is 4.94. The Morgan fingerprint density at radius 3 is 2.90 bits per heavy atom. The third-order valence-electron chi connectivity index (χ3n) is 3.05. The molecule has 0 saturated heterocycles. The molecule has 1 saturated carbocycles. The maximum atomic E-state index is 11.7. The van der Waals surface area contributed by atoms with Gasteiger partial charge in [0.05, 0.1) is 5.56 Å². The van der Waals surface area contributed by atoms with Gasteiger partial charge >= 0.3 is 11.7 Å². The Bertz CT molecular complexity index is 733. The molecule has 1 heterocycles. The van der Waals surface area contributed by atoms with Gasteiger partial charge in [-0.2, -0.15) is 0 Å². The van der Waals surface area contributed by atoms with E-state index in [1.54, 1.807) is 10.6 Å². The van der Waals surface area contributed by atoms with Crippen molar-refractivity contribution in [2.75, 3.05) is 5.73 Å². The van der Waals surface area contributed by atoms with Crippen molar-refractivity contribution in [3.8, 4) is 0 Å². The number of anilines is 1. The topological polar surface area (TPSA) is 114 Å². The van der Waals surface area contributed by atoms with Crippen LogP contribution in [0.2, 0.25) is 0 Å². The number of rotatable bonds is 4. The van der Waals surface area contributed by atoms with Gasteiger partial charge in [0.1, 0.15) is 0 Å². The number of nitrogen functional groups attached to an aromatic ring is 1. The van der Waals surface area contributed by atoms with Crippen LogP contribution in [-0.2, 0) is 0 Å². The number of H-pyrrole nitrogens is 1. The number of carboxylic acids is 1. The van der Waals surface area contributed by atoms with E-state index in [1.807, 2.05) is 0 Å². The van der Waals surface area contributed by atoms with E-state index in [0.29, 0.717) is 10.1 Å². The van der Waals surface area contributed by atoms with Gasteiger partial charge in [-0.1, -0.05) is 0 Å². The second-order valence-corrected chi connectivity index (χ2v) is 5.61. The van der Waals surface area contributed by atoms with Crippen molar-refractivity contribution in [2.45, 2.75) is 28.9 Å². The van der Waals surface area contributed by atoms with E-state index in [4.69, 9.17) is 10.8 Å². The van der Waals surface area contributed by atoms with E-state index in [9.17, 15) is 9.59 Å². The van der Waals surface area contributed by atoms with Gasteiger partial charge in [-0.25, -0.2) is 14.7 Å². The van der Waals surface area contributed by atoms with Crippen LogP contribution in [0.1, 0.15) is 29.2 Å². The van der Waals surface area contributed by atoms with Crippen LogP contribution in [-0.4, -0.2) is 25.8 Å². The average Bonchev–Trinajstić information content (AvgIpc) is 3.17. The zero-order valence-corrected chi connectivity index (χ0v) is 11.2. The molecule has 2 aromatic rings. The minimum Gasteiger partial charge on any atom is -0.478 e. The molecule has 1 aliphatic rings. The second-order valence-electron chi connectivity index (χ2n) is 4.57. The van der Waals surface area contributed by atoms with E-state index in [2.05, 4.69) is 10.2 Å². The van der Waals surface area contributed by atoms with Crippen molar-refractivity contribution in [3.05, 3.63) is 34.2 Å². The summed E-state index contributed by atoms with van der Waals surface area (Å²) in [5.41, 5.74) is 5.64. The SMILES string of the molecule is Nc1ccc(Sc2n[nH]c(=O)n2C2CC2)cc1C(=O)O. The van der Waals surface area contributed by atoms with E-state index >= 15 is 0 Å². The van der Waals surface area contributed by atoms with Gasteiger partial charge in [-0.15, -0.1) is 5.10 Å². The maximum absolute atomic E-state index is 11.7. The number of nitrogens with zero attached hydrogens (tertiary/aromatic N) is 2. The van der Waals surface area contributed by atoms with Crippen molar-refractivity contribution in [3.63, 3.8) is 0 Å². The molecule has 0 amide bonds. The number of aromatic nitrogens is 3. The van der Waals surface area contributed by atoms with Crippen molar-refractivity contribution in [2.24, 2.45) is 0 Å². The molecule has 20 heavy (non-hydrogen) atoms. The summed E-state index contributed by atoms with van der Waals surface area (Å²) in [5.74, 6) is -1.08. The Morgan fingerprint density at radius 2 is 2.25 bits per heavy atom. The fraction of sp³-hybridized carbons (Fsp3) is 0.250. The van der Waals surface area contributed by atoms with Gasteiger partial charge in [0.15, 0.2) is 5.16 Å². The first-order chi connectivity index (χ1) is 9.56. The van der Waals surface area contributed by atoms with Crippen LogP contribution in [0.15, 0.2) is 33.0 Å². The zero-order valence-electron chi connectivity index (χ0n) is 10.4. The van der Waals surface area contributed by atoms with Crippen molar-refractivity contribution in [1.29, 1.82) is 0 Å². The van der Waals surface area contributed by atoms with E-state index in [-0.39, 0.29) is 23.0 Å². The summed E-state index contributed by atoms with van der Waals surface area (Å²) in [6.45, 7) is 0. The van der Waals surface area contributed by atoms with E-state index < -0.39 is 5.97 Å². The van der Waals surface area contributed by atoms with Crippen LogP contribution in [0.25, 0.3) is 0 Å². The van der Waals surface area contributed by atoms with E-state index in [1.165, 1.54) is 23.9 Å². The highest BCUT2D eigenvalue weighted by atomic mass is 32.2. The van der Waals surface area contributed by atoms with Crippen LogP contribution in [0.4, 0.5) is 5.69 Å². The molecule has 0 radical (unpaired) electrons. The summed E-state index contributed by atoms with van der Waals surface area (Å²) in [4.78, 5) is 23.4. The molecule has 3 rings (SSSR count). The smallest absolute Gasteiger partial charge is 0.344 e. The number of aromatic amines is 1. The zero-order chi connectivity index (χ0) is 14.3. The number of carbonyl (C=O) groups is 1. The van der Waals surface area contributed by atoms with Gasteiger partial charge in [0.25, 0.3) is 0 Å². The monoisotopic (exact) mass is 292 g/mol. The Labute approximate surface area is 117 Å². The number of hydrogen-bond acceptors (Lipinski definition) is 5. The maximum Gasteiger partial charge on any atom is 0.344 e. The molecule has 7 nitrogen and oxygen atoms in total. The Balaban J connectivity index is 1.94. The molecule has 1 aromatic heterocycles. The third kappa shape index (κ3) is 2.29. The molecule has 1 aromatic carbocycles. The normalized spacial score (nSPS) is 14.4. The number of benzene rings is 1. The molecular formula is C12H12N4O3S. The molecule has 0 bridgehead atoms. The fourth-order valence-corrected chi connectivity index (χ4v) is 2.85. The first-order valence-electron chi connectivity index (χ1n) is 6.04. The second kappa shape index (κ2) is 4.71. The van der Waals surface area contributed by atoms with Gasteiger partial charge in [0, 0.05) is 16.6 Å². The average molecular weight is 292 g/mol. The number of carboxylic acid groups (broad SMARTS) is 1. The molecule has 1 fully saturated rings. The molecule has 0 spiro atoms. The summed E-state index contributed by atoms with van der Waals surface area (Å²) in [6.07, 6.45) is 1.93. The number of nitrogens with two attached hydrogens (primary N) is 1. The van der Waals surface area contributed by atoms with Gasteiger partial charge in [0.2, 0.25) is 0 Å². The number of nitrogens with one attached hydrogen (secondary N) is 1. The molecular weight excluding hydrogens is 280 g/mol. The third-order valence-corrected chi connectivity index (χ3v) is 4.01. The lowest BCUT2D eigenvalue weighted by Crippen LogP contribution is -2.16. The summed E-state index contributed by atoms with van der Waals surface area (Å²) < 4.78 is 1.61. The largest absolute Gasteiger partial charge is 0.478 e. The Hall–Kier alpha value is -2.22. The quantitative estimate of drug-likeness (QED) is 0.733. The van der Waals surface area contributed by atoms with Gasteiger partial charge < -0.3 is 10.8 Å². The molecule has 0 atom stereocenters. The standard InChI is InChI=1S/C12H12N4O3S/c13-9-4-3-7(5-8(9)10(17)18)20-12-15-14-11(19)16(12)6-1-2-6/h3-6H,1-2,13H2,(H,14,19)(H,17,18). The van der Waals surface area contributed by atoms with Gasteiger partial charge in [-0.3, -0.25) is 4.57 Å². The lowest BCUT2D eigenvalue weighted by molar-refractivity contribution is 0.0698. The highest BCUT2D eigenvalue weighted by Crippen LogP contribution is 2.37. The van der Waals surface area contributed by atoms with Crippen LogP contribution < -0.4 is 11.4 Å². The molecule has 4 N–H and O–H groups in total. The van der Waals surface area contributed by atoms with Gasteiger partial charge in [-0.05, 0) is 42.8 Å². The molecule has 0 aliphatic heterocycles. The molecule has 104 valence electrons. The molecule has 8 heteroatoms. The van der Waals surface area contributed by atoms with Crippen LogP contribution >= 0.6 is 11.8 Å². The predicted molar refractivity (Wildman–Crippen MR) is 73.1 cm³/mol. The summed E-state index contributed by atoms with van der Waals surface area (Å²) in [7, 11) is 0. The van der Waals surface area contributed by atoms with Crippen molar-refractivity contribution in [1.82, 2.24) is 14.8 Å². The fourth-order valence-electron chi connectivity index (χ4n) is 1.91. The molecule has 1 aliphatic carbocycles.